The standard InChI is InChI=1S/C29H28ClN3O5S2/c1-18-13-19(2)15-25(14-18)33-40(37,38)28-16-22(7-5-21(28)4)29(34)31-23-9-11-26(12-10-23)39(35,36)32-24-8-6-20(3)27(30)17-24/h5-17,32-33H,1-4H3,(H,31,34). The maximum atomic E-state index is 13.2. The Hall–Kier alpha value is -3.86. The fourth-order valence-electron chi connectivity index (χ4n) is 4.07. The Labute approximate surface area is 239 Å². The maximum absolute atomic E-state index is 13.2. The second kappa shape index (κ2) is 11.3. The third kappa shape index (κ3) is 6.82. The van der Waals surface area contributed by atoms with E-state index in [2.05, 4.69) is 14.8 Å². The normalized spacial score (nSPS) is 11.6. The number of amides is 1. The monoisotopic (exact) mass is 597 g/mol. The highest BCUT2D eigenvalue weighted by molar-refractivity contribution is 7.93. The molecule has 0 aliphatic heterocycles. The molecule has 208 valence electrons. The minimum Gasteiger partial charge on any atom is -0.322 e. The van der Waals surface area contributed by atoms with Gasteiger partial charge in [-0.05, 0) is 111 Å². The van der Waals surface area contributed by atoms with E-state index < -0.39 is 26.0 Å². The predicted molar refractivity (Wildman–Crippen MR) is 159 cm³/mol. The second-order valence-electron chi connectivity index (χ2n) is 9.51. The fraction of sp³-hybridized carbons (Fsp3) is 0.138. The average Bonchev–Trinajstić information content (AvgIpc) is 2.85. The fourth-order valence-corrected chi connectivity index (χ4v) is 6.61. The van der Waals surface area contributed by atoms with Crippen LogP contribution < -0.4 is 14.8 Å². The Morgan fingerprint density at radius 3 is 1.82 bits per heavy atom. The van der Waals surface area contributed by atoms with E-state index in [0.717, 1.165) is 16.7 Å². The molecule has 0 spiro atoms. The van der Waals surface area contributed by atoms with Crippen LogP contribution in [0.5, 0.6) is 0 Å². The van der Waals surface area contributed by atoms with Crippen LogP contribution in [0.1, 0.15) is 32.6 Å². The first-order chi connectivity index (χ1) is 18.7. The molecule has 0 saturated carbocycles. The molecule has 0 heterocycles. The van der Waals surface area contributed by atoms with Crippen LogP contribution in [0.25, 0.3) is 0 Å². The number of benzene rings is 4. The highest BCUT2D eigenvalue weighted by Gasteiger charge is 2.20. The maximum Gasteiger partial charge on any atom is 0.262 e. The van der Waals surface area contributed by atoms with Crippen molar-refractivity contribution in [1.82, 2.24) is 0 Å². The van der Waals surface area contributed by atoms with Crippen molar-refractivity contribution in [2.75, 3.05) is 14.8 Å². The van der Waals surface area contributed by atoms with Gasteiger partial charge in [-0.1, -0.05) is 29.8 Å². The summed E-state index contributed by atoms with van der Waals surface area (Å²) >= 11 is 6.09. The minimum atomic E-state index is -3.97. The van der Waals surface area contributed by atoms with Crippen LogP contribution in [0.15, 0.2) is 88.7 Å². The summed E-state index contributed by atoms with van der Waals surface area (Å²) in [6, 6.07) is 20.2. The van der Waals surface area contributed by atoms with Gasteiger partial charge in [0.25, 0.3) is 26.0 Å². The van der Waals surface area contributed by atoms with E-state index in [1.807, 2.05) is 26.8 Å². The van der Waals surface area contributed by atoms with E-state index >= 15 is 0 Å². The summed E-state index contributed by atoms with van der Waals surface area (Å²) in [6.07, 6.45) is 0. The molecule has 0 radical (unpaired) electrons. The molecule has 0 unspecified atom stereocenters. The van der Waals surface area contributed by atoms with Gasteiger partial charge >= 0.3 is 0 Å². The van der Waals surface area contributed by atoms with Gasteiger partial charge in [0, 0.05) is 22.0 Å². The first-order valence-electron chi connectivity index (χ1n) is 12.2. The summed E-state index contributed by atoms with van der Waals surface area (Å²) in [6.45, 7) is 7.21. The van der Waals surface area contributed by atoms with Crippen molar-refractivity contribution >= 4 is 54.6 Å². The average molecular weight is 598 g/mol. The van der Waals surface area contributed by atoms with Crippen molar-refractivity contribution in [3.8, 4) is 0 Å². The molecule has 4 rings (SSSR count). The number of nitrogens with one attached hydrogen (secondary N) is 3. The third-order valence-electron chi connectivity index (χ3n) is 6.06. The molecule has 0 saturated heterocycles. The lowest BCUT2D eigenvalue weighted by atomic mass is 10.1. The first-order valence-corrected chi connectivity index (χ1v) is 15.5. The van der Waals surface area contributed by atoms with Gasteiger partial charge in [0.05, 0.1) is 15.5 Å². The van der Waals surface area contributed by atoms with E-state index in [1.165, 1.54) is 42.5 Å². The number of rotatable bonds is 8. The van der Waals surface area contributed by atoms with Gasteiger partial charge in [-0.15, -0.1) is 0 Å². The highest BCUT2D eigenvalue weighted by Crippen LogP contribution is 2.25. The lowest BCUT2D eigenvalue weighted by molar-refractivity contribution is 0.102. The molecule has 40 heavy (non-hydrogen) atoms. The van der Waals surface area contributed by atoms with Crippen LogP contribution in [0.4, 0.5) is 17.1 Å². The van der Waals surface area contributed by atoms with Crippen molar-refractivity contribution < 1.29 is 21.6 Å². The van der Waals surface area contributed by atoms with Gasteiger partial charge < -0.3 is 5.32 Å². The number of anilines is 3. The van der Waals surface area contributed by atoms with Gasteiger partial charge in [0.1, 0.15) is 0 Å². The van der Waals surface area contributed by atoms with E-state index in [1.54, 1.807) is 37.3 Å². The Bertz CT molecular complexity index is 1800. The summed E-state index contributed by atoms with van der Waals surface area (Å²) in [5.41, 5.74) is 4.34. The lowest BCUT2D eigenvalue weighted by Crippen LogP contribution is -2.17. The largest absolute Gasteiger partial charge is 0.322 e. The van der Waals surface area contributed by atoms with Crippen LogP contribution in [0.3, 0.4) is 0 Å². The number of carbonyl (C=O) groups excluding carboxylic acids is 1. The molecule has 1 amide bonds. The molecular formula is C29H28ClN3O5S2. The second-order valence-corrected chi connectivity index (χ2v) is 13.3. The van der Waals surface area contributed by atoms with Crippen LogP contribution in [0, 0.1) is 27.7 Å². The molecule has 8 nitrogen and oxygen atoms in total. The van der Waals surface area contributed by atoms with Crippen molar-refractivity contribution in [3.05, 3.63) is 112 Å². The summed E-state index contributed by atoms with van der Waals surface area (Å²) in [4.78, 5) is 12.9. The van der Waals surface area contributed by atoms with E-state index in [9.17, 15) is 21.6 Å². The Balaban J connectivity index is 1.50. The quantitative estimate of drug-likeness (QED) is 0.216. The van der Waals surface area contributed by atoms with Crippen LogP contribution in [-0.2, 0) is 20.0 Å². The molecule has 0 aromatic heterocycles. The van der Waals surface area contributed by atoms with Gasteiger partial charge in [-0.25, -0.2) is 16.8 Å². The first kappa shape index (κ1) is 29.1. The number of carbonyl (C=O) groups is 1. The minimum absolute atomic E-state index is 0.0108. The Morgan fingerprint density at radius 1 is 0.625 bits per heavy atom. The summed E-state index contributed by atoms with van der Waals surface area (Å²) in [5.74, 6) is -0.550. The van der Waals surface area contributed by atoms with Crippen molar-refractivity contribution in [3.63, 3.8) is 0 Å². The Morgan fingerprint density at radius 2 is 1.20 bits per heavy atom. The number of aryl methyl sites for hydroxylation is 4. The summed E-state index contributed by atoms with van der Waals surface area (Å²) in [7, 11) is -7.86. The lowest BCUT2D eigenvalue weighted by Gasteiger charge is -2.13. The Kier molecular flexibility index (Phi) is 8.25. The molecule has 4 aromatic carbocycles. The van der Waals surface area contributed by atoms with Gasteiger partial charge in [0.2, 0.25) is 0 Å². The summed E-state index contributed by atoms with van der Waals surface area (Å²) < 4.78 is 56.9. The zero-order chi connectivity index (χ0) is 29.2. The topological polar surface area (TPSA) is 121 Å². The summed E-state index contributed by atoms with van der Waals surface area (Å²) in [5, 5.41) is 3.11. The molecule has 4 aromatic rings. The van der Waals surface area contributed by atoms with E-state index in [0.29, 0.717) is 27.6 Å². The van der Waals surface area contributed by atoms with Gasteiger partial charge in [0.15, 0.2) is 0 Å². The molecule has 3 N–H and O–H groups in total. The van der Waals surface area contributed by atoms with E-state index in [4.69, 9.17) is 11.6 Å². The number of halogens is 1. The number of sulfonamides is 2. The molecule has 0 atom stereocenters. The van der Waals surface area contributed by atoms with Crippen LogP contribution in [0.2, 0.25) is 5.02 Å². The van der Waals surface area contributed by atoms with Crippen LogP contribution >= 0.6 is 11.6 Å². The van der Waals surface area contributed by atoms with Crippen molar-refractivity contribution in [2.45, 2.75) is 37.5 Å². The van der Waals surface area contributed by atoms with Crippen LogP contribution in [-0.4, -0.2) is 22.7 Å². The molecule has 0 aliphatic rings. The van der Waals surface area contributed by atoms with Crippen molar-refractivity contribution in [2.24, 2.45) is 0 Å². The number of hydrogen-bond acceptors (Lipinski definition) is 5. The zero-order valence-electron chi connectivity index (χ0n) is 22.2. The van der Waals surface area contributed by atoms with Crippen molar-refractivity contribution in [1.29, 1.82) is 0 Å². The SMILES string of the molecule is Cc1cc(C)cc(NS(=O)(=O)c2cc(C(=O)Nc3ccc(S(=O)(=O)Nc4ccc(C)c(Cl)c4)cc3)ccc2C)c1. The van der Waals surface area contributed by atoms with Gasteiger partial charge in [-0.3, -0.25) is 14.2 Å². The molecular weight excluding hydrogens is 570 g/mol. The molecule has 0 aliphatic carbocycles. The van der Waals surface area contributed by atoms with E-state index in [-0.39, 0.29) is 15.4 Å². The predicted octanol–water partition coefficient (Wildman–Crippen LogP) is 6.43. The molecule has 0 fully saturated rings. The highest BCUT2D eigenvalue weighted by atomic mass is 35.5. The smallest absolute Gasteiger partial charge is 0.262 e. The number of hydrogen-bond donors (Lipinski definition) is 3. The zero-order valence-corrected chi connectivity index (χ0v) is 24.6. The third-order valence-corrected chi connectivity index (χ3v) is 9.39. The molecule has 0 bridgehead atoms. The van der Waals surface area contributed by atoms with Gasteiger partial charge in [-0.2, -0.15) is 0 Å². The molecule has 11 heteroatoms.